The third-order valence-electron chi connectivity index (χ3n) is 3.92. The van der Waals surface area contributed by atoms with Gasteiger partial charge in [0.05, 0.1) is 5.39 Å². The summed E-state index contributed by atoms with van der Waals surface area (Å²) in [6.07, 6.45) is 2.17. The molecule has 1 aliphatic rings. The van der Waals surface area contributed by atoms with E-state index in [0.717, 1.165) is 30.6 Å². The second kappa shape index (κ2) is 5.63. The largest absolute Gasteiger partial charge is 0.341 e. The number of piperidine rings is 1. The number of nitrogens with zero attached hydrogens (tertiary/aromatic N) is 4. The van der Waals surface area contributed by atoms with Gasteiger partial charge in [-0.15, -0.1) is 5.10 Å². The Morgan fingerprint density at radius 1 is 1.38 bits per heavy atom. The molecule has 0 bridgehead atoms. The van der Waals surface area contributed by atoms with E-state index in [-0.39, 0.29) is 18.0 Å². The Bertz CT molecular complexity index is 725. The standard InChI is InChI=1S/C15H18N4O2/c1-11-5-4-8-18(9-11)14(20)10-19-15(21)12-6-2-3-7-13(12)16-17-19/h2-3,6-7,11H,4-5,8-10H2,1H3/t11-/m1/s1. The van der Waals surface area contributed by atoms with Gasteiger partial charge in [-0.1, -0.05) is 24.3 Å². The smallest absolute Gasteiger partial charge is 0.278 e. The van der Waals surface area contributed by atoms with E-state index in [1.165, 1.54) is 0 Å². The number of carbonyl (C=O) groups is 1. The van der Waals surface area contributed by atoms with Crippen molar-refractivity contribution in [3.8, 4) is 0 Å². The van der Waals surface area contributed by atoms with Gasteiger partial charge in [-0.3, -0.25) is 9.59 Å². The molecule has 6 nitrogen and oxygen atoms in total. The van der Waals surface area contributed by atoms with Crippen molar-refractivity contribution in [2.45, 2.75) is 26.3 Å². The highest BCUT2D eigenvalue weighted by molar-refractivity contribution is 5.78. The van der Waals surface area contributed by atoms with Crippen LogP contribution in [0.5, 0.6) is 0 Å². The lowest BCUT2D eigenvalue weighted by Crippen LogP contribution is -2.42. The first-order valence-electron chi connectivity index (χ1n) is 7.25. The van der Waals surface area contributed by atoms with Gasteiger partial charge >= 0.3 is 0 Å². The Balaban J connectivity index is 1.83. The Labute approximate surface area is 122 Å². The van der Waals surface area contributed by atoms with Crippen molar-refractivity contribution >= 4 is 16.8 Å². The van der Waals surface area contributed by atoms with Crippen LogP contribution < -0.4 is 5.56 Å². The summed E-state index contributed by atoms with van der Waals surface area (Å²) in [6.45, 7) is 3.62. The SMILES string of the molecule is C[C@@H]1CCCN(C(=O)Cn2nnc3ccccc3c2=O)C1. The monoisotopic (exact) mass is 286 g/mol. The van der Waals surface area contributed by atoms with E-state index in [2.05, 4.69) is 17.2 Å². The van der Waals surface area contributed by atoms with Gasteiger partial charge in [-0.25, -0.2) is 4.68 Å². The summed E-state index contributed by atoms with van der Waals surface area (Å²) in [5.74, 6) is 0.454. The molecule has 0 saturated carbocycles. The van der Waals surface area contributed by atoms with Gasteiger partial charge in [0, 0.05) is 13.1 Å². The van der Waals surface area contributed by atoms with Crippen LogP contribution in [0.15, 0.2) is 29.1 Å². The van der Waals surface area contributed by atoms with Crippen molar-refractivity contribution in [1.29, 1.82) is 0 Å². The molecule has 0 N–H and O–H groups in total. The number of rotatable bonds is 2. The molecule has 21 heavy (non-hydrogen) atoms. The third-order valence-corrected chi connectivity index (χ3v) is 3.92. The third kappa shape index (κ3) is 2.79. The second-order valence-electron chi connectivity index (χ2n) is 5.66. The minimum Gasteiger partial charge on any atom is -0.341 e. The van der Waals surface area contributed by atoms with Crippen molar-refractivity contribution < 1.29 is 4.79 Å². The van der Waals surface area contributed by atoms with Gasteiger partial charge < -0.3 is 4.90 Å². The maximum atomic E-state index is 12.3. The van der Waals surface area contributed by atoms with Crippen LogP contribution >= 0.6 is 0 Å². The van der Waals surface area contributed by atoms with Crippen molar-refractivity contribution in [2.24, 2.45) is 5.92 Å². The van der Waals surface area contributed by atoms with Crippen molar-refractivity contribution in [2.75, 3.05) is 13.1 Å². The molecule has 3 rings (SSSR count). The van der Waals surface area contributed by atoms with Crippen LogP contribution in [-0.2, 0) is 11.3 Å². The van der Waals surface area contributed by atoms with E-state index in [1.54, 1.807) is 24.3 Å². The van der Waals surface area contributed by atoms with Gasteiger partial charge in [0.25, 0.3) is 5.56 Å². The van der Waals surface area contributed by atoms with Crippen molar-refractivity contribution in [3.05, 3.63) is 34.6 Å². The number of benzene rings is 1. The highest BCUT2D eigenvalue weighted by Gasteiger charge is 2.21. The van der Waals surface area contributed by atoms with Crippen LogP contribution in [0, 0.1) is 5.92 Å². The fraction of sp³-hybridized carbons (Fsp3) is 0.467. The second-order valence-corrected chi connectivity index (χ2v) is 5.66. The minimum atomic E-state index is -0.265. The number of amides is 1. The molecule has 0 radical (unpaired) electrons. The molecular weight excluding hydrogens is 268 g/mol. The van der Waals surface area contributed by atoms with Gasteiger partial charge in [-0.2, -0.15) is 0 Å². The van der Waals surface area contributed by atoms with Crippen LogP contribution in [0.4, 0.5) is 0 Å². The topological polar surface area (TPSA) is 68.1 Å². The molecule has 1 aromatic carbocycles. The first-order chi connectivity index (χ1) is 10.1. The Morgan fingerprint density at radius 2 is 2.19 bits per heavy atom. The van der Waals surface area contributed by atoms with Crippen molar-refractivity contribution in [1.82, 2.24) is 19.9 Å². The number of likely N-dealkylation sites (tertiary alicyclic amines) is 1. The molecule has 0 spiro atoms. The number of hydrogen-bond acceptors (Lipinski definition) is 4. The van der Waals surface area contributed by atoms with Gasteiger partial charge in [0.15, 0.2) is 0 Å². The minimum absolute atomic E-state index is 0.0383. The summed E-state index contributed by atoms with van der Waals surface area (Å²) >= 11 is 0. The molecule has 1 atom stereocenters. The molecule has 1 saturated heterocycles. The first-order valence-corrected chi connectivity index (χ1v) is 7.25. The normalized spacial score (nSPS) is 18.9. The fourth-order valence-corrected chi connectivity index (χ4v) is 2.77. The van der Waals surface area contributed by atoms with E-state index in [9.17, 15) is 9.59 Å². The van der Waals surface area contributed by atoms with Crippen LogP contribution in [0.25, 0.3) is 10.9 Å². The van der Waals surface area contributed by atoms with Crippen LogP contribution in [0.3, 0.4) is 0 Å². The Kier molecular flexibility index (Phi) is 3.68. The summed E-state index contributed by atoms with van der Waals surface area (Å²) in [4.78, 5) is 26.4. The summed E-state index contributed by atoms with van der Waals surface area (Å²) in [5.41, 5.74) is 0.289. The number of aromatic nitrogens is 3. The van der Waals surface area contributed by atoms with E-state index in [4.69, 9.17) is 0 Å². The zero-order valence-corrected chi connectivity index (χ0v) is 12.0. The molecule has 1 aliphatic heterocycles. The quantitative estimate of drug-likeness (QED) is 0.827. The molecule has 2 aromatic rings. The number of hydrogen-bond donors (Lipinski definition) is 0. The lowest BCUT2D eigenvalue weighted by molar-refractivity contribution is -0.133. The van der Waals surface area contributed by atoms with E-state index >= 15 is 0 Å². The van der Waals surface area contributed by atoms with Crippen LogP contribution in [0.1, 0.15) is 19.8 Å². The average molecular weight is 286 g/mol. The summed E-state index contributed by atoms with van der Waals surface area (Å²) < 4.78 is 1.16. The molecule has 1 aromatic heterocycles. The van der Waals surface area contributed by atoms with E-state index in [1.807, 2.05) is 4.90 Å². The van der Waals surface area contributed by atoms with Gasteiger partial charge in [-0.05, 0) is 30.9 Å². The molecule has 0 unspecified atom stereocenters. The maximum absolute atomic E-state index is 12.3. The first kappa shape index (κ1) is 13.7. The van der Waals surface area contributed by atoms with E-state index in [0.29, 0.717) is 16.8 Å². The average Bonchev–Trinajstić information content (AvgIpc) is 2.50. The lowest BCUT2D eigenvalue weighted by Gasteiger charge is -2.30. The predicted molar refractivity (Wildman–Crippen MR) is 78.8 cm³/mol. The molecule has 2 heterocycles. The maximum Gasteiger partial charge on any atom is 0.278 e. The predicted octanol–water partition coefficient (Wildman–Crippen LogP) is 1.05. The number of fused-ring (bicyclic) bond motifs is 1. The lowest BCUT2D eigenvalue weighted by atomic mass is 10.0. The van der Waals surface area contributed by atoms with Crippen molar-refractivity contribution in [3.63, 3.8) is 0 Å². The zero-order valence-electron chi connectivity index (χ0n) is 12.0. The molecule has 0 aliphatic carbocycles. The fourth-order valence-electron chi connectivity index (χ4n) is 2.77. The van der Waals surface area contributed by atoms with Crippen LogP contribution in [-0.4, -0.2) is 38.9 Å². The van der Waals surface area contributed by atoms with Gasteiger partial charge in [0.2, 0.25) is 5.91 Å². The molecule has 1 amide bonds. The van der Waals surface area contributed by atoms with Gasteiger partial charge in [0.1, 0.15) is 12.1 Å². The molecule has 6 heteroatoms. The summed E-state index contributed by atoms with van der Waals surface area (Å²) in [7, 11) is 0. The zero-order chi connectivity index (χ0) is 14.8. The Hall–Kier alpha value is -2.24. The highest BCUT2D eigenvalue weighted by Crippen LogP contribution is 2.15. The Morgan fingerprint density at radius 3 is 3.00 bits per heavy atom. The highest BCUT2D eigenvalue weighted by atomic mass is 16.2. The summed E-state index contributed by atoms with van der Waals surface area (Å²) in [6, 6.07) is 7.03. The molecular formula is C15H18N4O2. The molecule has 1 fully saturated rings. The van der Waals surface area contributed by atoms with Crippen LogP contribution in [0.2, 0.25) is 0 Å². The summed E-state index contributed by atoms with van der Waals surface area (Å²) in [5, 5.41) is 8.36. The van der Waals surface area contributed by atoms with E-state index < -0.39 is 0 Å². The number of carbonyl (C=O) groups excluding carboxylic acids is 1. The molecule has 110 valence electrons.